The molecule has 0 saturated heterocycles. The van der Waals surface area contributed by atoms with Crippen molar-refractivity contribution >= 4 is 29.1 Å². The predicted molar refractivity (Wildman–Crippen MR) is 95.3 cm³/mol. The number of rotatable bonds is 2. The summed E-state index contributed by atoms with van der Waals surface area (Å²) in [7, 11) is 0. The Morgan fingerprint density at radius 3 is 2.39 bits per heavy atom. The highest BCUT2D eigenvalue weighted by Gasteiger charge is 2.30. The highest BCUT2D eigenvalue weighted by Crippen LogP contribution is 2.41. The van der Waals surface area contributed by atoms with Crippen LogP contribution in [-0.4, -0.2) is 17.0 Å². The molecular formula is C19H12ClNOS. The molecule has 1 aliphatic rings. The molecule has 2 aromatic carbocycles. The Balaban J connectivity index is 1.98. The highest BCUT2D eigenvalue weighted by molar-refractivity contribution is 7.98. The molecule has 1 aromatic heterocycles. The van der Waals surface area contributed by atoms with Crippen LogP contribution < -0.4 is 0 Å². The van der Waals surface area contributed by atoms with Gasteiger partial charge in [0.05, 0.1) is 17.0 Å². The average Bonchev–Trinajstić information content (AvgIpc) is 2.88. The fraction of sp³-hybridized carbons (Fsp3) is 0.0526. The quantitative estimate of drug-likeness (QED) is 0.463. The van der Waals surface area contributed by atoms with Crippen LogP contribution in [0, 0.1) is 0 Å². The fourth-order valence-corrected chi connectivity index (χ4v) is 3.64. The largest absolute Gasteiger partial charge is 0.288 e. The smallest absolute Gasteiger partial charge is 0.197 e. The molecule has 1 aliphatic carbocycles. The molecule has 0 fully saturated rings. The van der Waals surface area contributed by atoms with Gasteiger partial charge in [0.25, 0.3) is 0 Å². The lowest BCUT2D eigenvalue weighted by Gasteiger charge is -2.09. The first-order valence-corrected chi connectivity index (χ1v) is 8.78. The molecule has 0 spiro atoms. The maximum atomic E-state index is 12.7. The number of thioether (sulfide) groups is 1. The first-order valence-electron chi connectivity index (χ1n) is 7.18. The summed E-state index contributed by atoms with van der Waals surface area (Å²) in [6, 6.07) is 17.2. The van der Waals surface area contributed by atoms with Gasteiger partial charge in [0.15, 0.2) is 5.78 Å². The van der Waals surface area contributed by atoms with Gasteiger partial charge in [-0.2, -0.15) is 0 Å². The van der Waals surface area contributed by atoms with E-state index in [1.54, 1.807) is 11.8 Å². The number of halogens is 1. The van der Waals surface area contributed by atoms with E-state index in [-0.39, 0.29) is 5.78 Å². The normalized spacial score (nSPS) is 12.2. The lowest BCUT2D eigenvalue weighted by Crippen LogP contribution is -1.99. The first kappa shape index (κ1) is 14.5. The summed E-state index contributed by atoms with van der Waals surface area (Å²) in [5, 5.41) is 0.695. The number of nitrogens with zero attached hydrogens (tertiary/aromatic N) is 1. The van der Waals surface area contributed by atoms with Crippen LogP contribution in [0.15, 0.2) is 59.5 Å². The molecule has 4 rings (SSSR count). The molecule has 112 valence electrons. The molecule has 0 N–H and O–H groups in total. The second-order valence-corrected chi connectivity index (χ2v) is 6.60. The lowest BCUT2D eigenvalue weighted by atomic mass is 10.1. The van der Waals surface area contributed by atoms with E-state index in [4.69, 9.17) is 16.6 Å². The van der Waals surface area contributed by atoms with E-state index in [1.165, 1.54) is 0 Å². The minimum Gasteiger partial charge on any atom is -0.288 e. The number of carbonyl (C=O) groups excluding carboxylic acids is 1. The summed E-state index contributed by atoms with van der Waals surface area (Å²) in [5.74, 6) is 0.0649. The minimum absolute atomic E-state index is 0.0649. The molecule has 1 heterocycles. The molecular weight excluding hydrogens is 326 g/mol. The van der Waals surface area contributed by atoms with E-state index in [2.05, 4.69) is 0 Å². The van der Waals surface area contributed by atoms with Gasteiger partial charge in [0, 0.05) is 26.6 Å². The van der Waals surface area contributed by atoms with Crippen molar-refractivity contribution < 1.29 is 4.79 Å². The second-order valence-electron chi connectivity index (χ2n) is 5.31. The van der Waals surface area contributed by atoms with Crippen molar-refractivity contribution in [2.75, 3.05) is 6.26 Å². The molecule has 0 atom stereocenters. The zero-order valence-electron chi connectivity index (χ0n) is 12.3. The Bertz CT molecular complexity index is 935. The third kappa shape index (κ3) is 2.28. The number of benzene rings is 2. The monoisotopic (exact) mass is 337 g/mol. The number of aromatic nitrogens is 1. The molecule has 0 radical (unpaired) electrons. The molecule has 0 aliphatic heterocycles. The van der Waals surface area contributed by atoms with Gasteiger partial charge in [-0.15, -0.1) is 11.8 Å². The van der Waals surface area contributed by atoms with Crippen LogP contribution in [0.1, 0.15) is 15.9 Å². The molecule has 3 aromatic rings. The summed E-state index contributed by atoms with van der Waals surface area (Å²) < 4.78 is 0. The minimum atomic E-state index is 0.0649. The Morgan fingerprint density at radius 1 is 1.00 bits per heavy atom. The third-order valence-corrected chi connectivity index (χ3v) is 5.01. The summed E-state index contributed by atoms with van der Waals surface area (Å²) in [6.07, 6.45) is 1.98. The van der Waals surface area contributed by atoms with Gasteiger partial charge >= 0.3 is 0 Å². The topological polar surface area (TPSA) is 30.0 Å². The molecule has 0 unspecified atom stereocenters. The van der Waals surface area contributed by atoms with Crippen LogP contribution in [-0.2, 0) is 0 Å². The first-order chi connectivity index (χ1) is 11.2. The molecule has 2 nitrogen and oxygen atoms in total. The summed E-state index contributed by atoms with van der Waals surface area (Å²) in [6.45, 7) is 0. The van der Waals surface area contributed by atoms with E-state index in [1.807, 2.05) is 60.9 Å². The van der Waals surface area contributed by atoms with Gasteiger partial charge in [0.1, 0.15) is 0 Å². The van der Waals surface area contributed by atoms with E-state index in [0.29, 0.717) is 5.02 Å². The summed E-state index contributed by atoms with van der Waals surface area (Å²) >= 11 is 7.54. The number of pyridine rings is 1. The van der Waals surface area contributed by atoms with Crippen molar-refractivity contribution in [1.82, 2.24) is 4.98 Å². The highest BCUT2D eigenvalue weighted by atomic mass is 35.5. The van der Waals surface area contributed by atoms with Crippen molar-refractivity contribution in [3.63, 3.8) is 0 Å². The van der Waals surface area contributed by atoms with Crippen LogP contribution >= 0.6 is 23.4 Å². The average molecular weight is 338 g/mol. The van der Waals surface area contributed by atoms with Crippen molar-refractivity contribution in [1.29, 1.82) is 0 Å². The standard InChI is InChI=1S/C19H12ClNOS/c1-23-16-10-15(11-6-8-12(20)9-7-11)21-18-13-4-2-3-5-14(13)19(22)17(16)18/h2-10H,1H3. The van der Waals surface area contributed by atoms with Gasteiger partial charge in [-0.1, -0.05) is 48.0 Å². The van der Waals surface area contributed by atoms with Crippen LogP contribution in [0.25, 0.3) is 22.5 Å². The van der Waals surface area contributed by atoms with Gasteiger partial charge in [-0.05, 0) is 24.5 Å². The van der Waals surface area contributed by atoms with E-state index >= 15 is 0 Å². The molecule has 23 heavy (non-hydrogen) atoms. The molecule has 4 heteroatoms. The van der Waals surface area contributed by atoms with E-state index in [0.717, 1.165) is 38.5 Å². The molecule has 0 amide bonds. The number of fused-ring (bicyclic) bond motifs is 3. The van der Waals surface area contributed by atoms with Crippen LogP contribution in [0.2, 0.25) is 5.02 Å². The van der Waals surface area contributed by atoms with Crippen molar-refractivity contribution in [3.05, 3.63) is 70.7 Å². The Kier molecular flexibility index (Phi) is 3.47. The van der Waals surface area contributed by atoms with Crippen molar-refractivity contribution in [2.24, 2.45) is 0 Å². The van der Waals surface area contributed by atoms with Crippen LogP contribution in [0.5, 0.6) is 0 Å². The summed E-state index contributed by atoms with van der Waals surface area (Å²) in [4.78, 5) is 18.4. The molecule has 0 bridgehead atoms. The fourth-order valence-electron chi connectivity index (χ4n) is 2.89. The van der Waals surface area contributed by atoms with E-state index in [9.17, 15) is 4.79 Å². The zero-order chi connectivity index (χ0) is 16.0. The van der Waals surface area contributed by atoms with Crippen LogP contribution in [0.4, 0.5) is 0 Å². The summed E-state index contributed by atoms with van der Waals surface area (Å²) in [5.41, 5.74) is 4.99. The zero-order valence-corrected chi connectivity index (χ0v) is 13.9. The van der Waals surface area contributed by atoms with Gasteiger partial charge in [0.2, 0.25) is 0 Å². The third-order valence-electron chi connectivity index (χ3n) is 4.00. The predicted octanol–water partition coefficient (Wildman–Crippen LogP) is 5.34. The maximum absolute atomic E-state index is 12.7. The Hall–Kier alpha value is -2.10. The van der Waals surface area contributed by atoms with Crippen LogP contribution in [0.3, 0.4) is 0 Å². The number of ketones is 1. The van der Waals surface area contributed by atoms with Crippen molar-refractivity contribution in [3.8, 4) is 22.5 Å². The number of hydrogen-bond acceptors (Lipinski definition) is 3. The van der Waals surface area contributed by atoms with Crippen molar-refractivity contribution in [2.45, 2.75) is 4.90 Å². The lowest BCUT2D eigenvalue weighted by molar-refractivity contribution is 0.104. The maximum Gasteiger partial charge on any atom is 0.197 e. The van der Waals surface area contributed by atoms with Gasteiger partial charge in [-0.3, -0.25) is 4.79 Å². The Morgan fingerprint density at radius 2 is 1.70 bits per heavy atom. The molecule has 0 saturated carbocycles. The number of carbonyl (C=O) groups is 1. The Labute approximate surface area is 143 Å². The van der Waals surface area contributed by atoms with Gasteiger partial charge < -0.3 is 0 Å². The number of hydrogen-bond donors (Lipinski definition) is 0. The van der Waals surface area contributed by atoms with Gasteiger partial charge in [-0.25, -0.2) is 4.98 Å². The second kappa shape index (κ2) is 5.52. The van der Waals surface area contributed by atoms with E-state index < -0.39 is 0 Å². The SMILES string of the molecule is CSc1cc(-c2ccc(Cl)cc2)nc2c1C(=O)c1ccccc1-2.